The van der Waals surface area contributed by atoms with Gasteiger partial charge in [-0.25, -0.2) is 9.37 Å². The quantitative estimate of drug-likeness (QED) is 0.518. The molecule has 1 heterocycles. The van der Waals surface area contributed by atoms with Crippen LogP contribution in [-0.4, -0.2) is 9.55 Å². The number of aromatic nitrogens is 2. The molecule has 2 nitrogen and oxygen atoms in total. The first-order chi connectivity index (χ1) is 9.10. The third-order valence-electron chi connectivity index (χ3n) is 3.58. The summed E-state index contributed by atoms with van der Waals surface area (Å²) in [7, 11) is 0. The summed E-state index contributed by atoms with van der Waals surface area (Å²) in [5.74, 6) is 1.55. The fourth-order valence-electron chi connectivity index (χ4n) is 2.28. The fraction of sp³-hybridized carbons (Fsp3) is 0.500. The summed E-state index contributed by atoms with van der Waals surface area (Å²) in [6.45, 7) is 5.21. The van der Waals surface area contributed by atoms with E-state index in [4.69, 9.17) is 11.6 Å². The molecule has 0 aliphatic heterocycles. The Balaban J connectivity index is 2.53. The van der Waals surface area contributed by atoms with E-state index in [9.17, 15) is 4.39 Å². The third kappa shape index (κ3) is 3.05. The number of alkyl halides is 1. The zero-order valence-corrected chi connectivity index (χ0v) is 14.0. The van der Waals surface area contributed by atoms with Gasteiger partial charge >= 0.3 is 0 Å². The van der Waals surface area contributed by atoms with Crippen LogP contribution in [0.3, 0.4) is 0 Å². The lowest BCUT2D eigenvalue weighted by Crippen LogP contribution is -2.11. The number of hydrogen-bond donors (Lipinski definition) is 0. The van der Waals surface area contributed by atoms with Crippen LogP contribution in [-0.2, 0) is 12.4 Å². The predicted molar refractivity (Wildman–Crippen MR) is 86.0 cm³/mol. The Morgan fingerprint density at radius 1 is 1.37 bits per heavy atom. The highest BCUT2D eigenvalue weighted by molar-refractivity contribution is 14.1. The van der Waals surface area contributed by atoms with Gasteiger partial charge in [-0.3, -0.25) is 0 Å². The van der Waals surface area contributed by atoms with Crippen molar-refractivity contribution in [1.29, 1.82) is 0 Å². The van der Waals surface area contributed by atoms with Crippen molar-refractivity contribution in [2.24, 2.45) is 5.92 Å². The highest BCUT2D eigenvalue weighted by Gasteiger charge is 2.15. The molecular weight excluding hydrogens is 378 g/mol. The molecule has 1 aromatic heterocycles. The van der Waals surface area contributed by atoms with Crippen LogP contribution in [0.25, 0.3) is 11.0 Å². The minimum absolute atomic E-state index is 0.195. The van der Waals surface area contributed by atoms with E-state index in [1.165, 1.54) is 0 Å². The van der Waals surface area contributed by atoms with Gasteiger partial charge in [-0.15, -0.1) is 11.6 Å². The average molecular weight is 395 g/mol. The number of nitrogens with zero attached hydrogens (tertiary/aromatic N) is 2. The maximum atomic E-state index is 13.8. The third-order valence-corrected chi connectivity index (χ3v) is 4.65. The van der Waals surface area contributed by atoms with E-state index in [-0.39, 0.29) is 5.82 Å². The molecule has 0 N–H and O–H groups in total. The van der Waals surface area contributed by atoms with Crippen LogP contribution in [0, 0.1) is 15.3 Å². The highest BCUT2D eigenvalue weighted by Crippen LogP contribution is 2.24. The molecule has 0 aliphatic rings. The zero-order chi connectivity index (χ0) is 14.0. The molecule has 1 aromatic carbocycles. The van der Waals surface area contributed by atoms with E-state index >= 15 is 0 Å². The van der Waals surface area contributed by atoms with Gasteiger partial charge in [-0.1, -0.05) is 26.7 Å². The van der Waals surface area contributed by atoms with Crippen molar-refractivity contribution >= 4 is 45.2 Å². The minimum atomic E-state index is -0.195. The van der Waals surface area contributed by atoms with Gasteiger partial charge in [0.15, 0.2) is 0 Å². The van der Waals surface area contributed by atoms with Crippen molar-refractivity contribution in [2.75, 3.05) is 0 Å². The number of halogens is 3. The van der Waals surface area contributed by atoms with Crippen molar-refractivity contribution in [2.45, 2.75) is 39.1 Å². The Morgan fingerprint density at radius 3 is 2.63 bits per heavy atom. The molecule has 0 saturated carbocycles. The van der Waals surface area contributed by atoms with Crippen molar-refractivity contribution < 1.29 is 4.39 Å². The molecule has 0 radical (unpaired) electrons. The van der Waals surface area contributed by atoms with Crippen LogP contribution in [0.5, 0.6) is 0 Å². The average Bonchev–Trinajstić information content (AvgIpc) is 2.73. The van der Waals surface area contributed by atoms with Crippen LogP contribution in [0.1, 0.15) is 32.5 Å². The SMILES string of the molecule is CCC(CC)Cn1c(CCl)nc2cc(I)c(F)cc21. The molecule has 2 aromatic rings. The van der Waals surface area contributed by atoms with E-state index in [0.717, 1.165) is 36.2 Å². The monoisotopic (exact) mass is 394 g/mol. The van der Waals surface area contributed by atoms with Crippen LogP contribution < -0.4 is 0 Å². The molecule has 19 heavy (non-hydrogen) atoms. The van der Waals surface area contributed by atoms with Gasteiger partial charge in [-0.05, 0) is 34.6 Å². The van der Waals surface area contributed by atoms with Gasteiger partial charge in [-0.2, -0.15) is 0 Å². The largest absolute Gasteiger partial charge is 0.327 e. The fourth-order valence-corrected chi connectivity index (χ4v) is 2.94. The Kier molecular flexibility index (Phi) is 5.06. The smallest absolute Gasteiger partial charge is 0.138 e. The summed E-state index contributed by atoms with van der Waals surface area (Å²) < 4.78 is 16.4. The maximum Gasteiger partial charge on any atom is 0.138 e. The molecule has 0 spiro atoms. The summed E-state index contributed by atoms with van der Waals surface area (Å²) in [5, 5.41) is 0. The Morgan fingerprint density at radius 2 is 2.05 bits per heavy atom. The minimum Gasteiger partial charge on any atom is -0.327 e. The molecule has 0 amide bonds. The van der Waals surface area contributed by atoms with E-state index in [2.05, 4.69) is 23.4 Å². The first-order valence-corrected chi connectivity index (χ1v) is 8.12. The second kappa shape index (κ2) is 6.39. The molecule has 0 unspecified atom stereocenters. The van der Waals surface area contributed by atoms with Crippen molar-refractivity contribution in [3.8, 4) is 0 Å². The van der Waals surface area contributed by atoms with Gasteiger partial charge in [0, 0.05) is 12.6 Å². The highest BCUT2D eigenvalue weighted by atomic mass is 127. The van der Waals surface area contributed by atoms with Crippen LogP contribution in [0.15, 0.2) is 12.1 Å². The van der Waals surface area contributed by atoms with Gasteiger partial charge in [0.25, 0.3) is 0 Å². The molecule has 104 valence electrons. The number of fused-ring (bicyclic) bond motifs is 1. The van der Waals surface area contributed by atoms with Crippen molar-refractivity contribution in [3.05, 3.63) is 27.3 Å². The van der Waals surface area contributed by atoms with Crippen LogP contribution in [0.2, 0.25) is 0 Å². The summed E-state index contributed by atoms with van der Waals surface area (Å²) >= 11 is 7.96. The lowest BCUT2D eigenvalue weighted by Gasteiger charge is -2.15. The second-order valence-corrected chi connectivity index (χ2v) is 6.14. The Bertz CT molecular complexity index is 578. The summed E-state index contributed by atoms with van der Waals surface area (Å²) in [6, 6.07) is 3.35. The van der Waals surface area contributed by atoms with E-state index < -0.39 is 0 Å². The van der Waals surface area contributed by atoms with E-state index in [0.29, 0.717) is 15.4 Å². The second-order valence-electron chi connectivity index (χ2n) is 4.71. The topological polar surface area (TPSA) is 17.8 Å². The van der Waals surface area contributed by atoms with E-state index in [1.54, 1.807) is 12.1 Å². The molecule has 0 fully saturated rings. The molecule has 0 atom stereocenters. The number of benzene rings is 1. The molecule has 0 aliphatic carbocycles. The van der Waals surface area contributed by atoms with Crippen molar-refractivity contribution in [3.63, 3.8) is 0 Å². The predicted octanol–water partition coefficient (Wildman–Crippen LogP) is 4.96. The maximum absolute atomic E-state index is 13.8. The molecule has 5 heteroatoms. The number of rotatable bonds is 5. The summed E-state index contributed by atoms with van der Waals surface area (Å²) in [6.07, 6.45) is 2.20. The molecule has 2 rings (SSSR count). The molecule has 0 saturated heterocycles. The normalized spacial score (nSPS) is 11.7. The van der Waals surface area contributed by atoms with E-state index in [1.807, 2.05) is 22.6 Å². The first kappa shape index (κ1) is 15.0. The summed E-state index contributed by atoms with van der Waals surface area (Å²) in [5.41, 5.74) is 1.67. The Labute approximate surface area is 131 Å². The van der Waals surface area contributed by atoms with Crippen LogP contribution >= 0.6 is 34.2 Å². The first-order valence-electron chi connectivity index (χ1n) is 6.50. The molecule has 0 bridgehead atoms. The summed E-state index contributed by atoms with van der Waals surface area (Å²) in [4.78, 5) is 4.51. The van der Waals surface area contributed by atoms with Gasteiger partial charge in [0.05, 0.1) is 20.5 Å². The van der Waals surface area contributed by atoms with Gasteiger partial charge in [0.1, 0.15) is 11.6 Å². The zero-order valence-electron chi connectivity index (χ0n) is 11.1. The lowest BCUT2D eigenvalue weighted by atomic mass is 10.0. The molecular formula is C14H17ClFIN2. The standard InChI is InChI=1S/C14H17ClFIN2/c1-3-9(4-2)8-19-13-5-10(16)11(17)6-12(13)18-14(19)7-15/h5-6,9H,3-4,7-8H2,1-2H3. The lowest BCUT2D eigenvalue weighted by molar-refractivity contribution is 0.419. The Hall–Kier alpha value is -0.360. The number of imidazole rings is 1. The number of hydrogen-bond acceptors (Lipinski definition) is 1. The van der Waals surface area contributed by atoms with Crippen molar-refractivity contribution in [1.82, 2.24) is 9.55 Å². The van der Waals surface area contributed by atoms with Gasteiger partial charge < -0.3 is 4.57 Å². The van der Waals surface area contributed by atoms with Gasteiger partial charge in [0.2, 0.25) is 0 Å². The van der Waals surface area contributed by atoms with Crippen LogP contribution in [0.4, 0.5) is 4.39 Å².